The van der Waals surface area contributed by atoms with E-state index < -0.39 is 0 Å². The Balaban J connectivity index is 1.23. The molecule has 1 saturated heterocycles. The highest BCUT2D eigenvalue weighted by Gasteiger charge is 2.26. The van der Waals surface area contributed by atoms with Gasteiger partial charge in [-0.1, -0.05) is 0 Å². The Kier molecular flexibility index (Phi) is 5.50. The van der Waals surface area contributed by atoms with E-state index >= 15 is 0 Å². The molecule has 0 aliphatic carbocycles. The number of ether oxygens (including phenoxy) is 3. The van der Waals surface area contributed by atoms with Gasteiger partial charge in [0.2, 0.25) is 0 Å². The quantitative estimate of drug-likeness (QED) is 0.846. The Hall–Kier alpha value is -2.96. The van der Waals surface area contributed by atoms with Crippen molar-refractivity contribution in [1.82, 2.24) is 4.90 Å². The molecule has 2 heterocycles. The predicted octanol–water partition coefficient (Wildman–Crippen LogP) is 3.92. The molecule has 1 unspecified atom stereocenters. The molecule has 28 heavy (non-hydrogen) atoms. The molecule has 0 bridgehead atoms. The van der Waals surface area contributed by atoms with E-state index in [0.717, 1.165) is 19.4 Å². The topological polar surface area (TPSA) is 60.0 Å². The number of nitrogens with zero attached hydrogens (tertiary/aromatic N) is 1. The molecule has 2 aliphatic heterocycles. The maximum atomic E-state index is 12.9. The normalized spacial score (nSPS) is 18.0. The summed E-state index contributed by atoms with van der Waals surface area (Å²) in [6.07, 6.45) is 1.80. The first-order valence-electron chi connectivity index (χ1n) is 9.51. The molecule has 1 atom stereocenters. The zero-order valence-electron chi connectivity index (χ0n) is 15.5. The van der Waals surface area contributed by atoms with Gasteiger partial charge in [0.1, 0.15) is 24.8 Å². The number of hydrogen-bond acceptors (Lipinski definition) is 4. The fraction of sp³-hybridized carbons (Fsp3) is 0.381. The van der Waals surface area contributed by atoms with Crippen molar-refractivity contribution in [3.63, 3.8) is 0 Å². The van der Waals surface area contributed by atoms with Crippen LogP contribution in [0.1, 0.15) is 12.8 Å². The third-order valence-corrected chi connectivity index (χ3v) is 4.97. The van der Waals surface area contributed by atoms with Gasteiger partial charge in [0.05, 0.1) is 6.61 Å². The van der Waals surface area contributed by atoms with E-state index in [1.807, 2.05) is 17.0 Å². The first-order chi connectivity index (χ1) is 13.7. The van der Waals surface area contributed by atoms with Crippen LogP contribution in [0.3, 0.4) is 0 Å². The van der Waals surface area contributed by atoms with Crippen LogP contribution in [-0.4, -0.2) is 43.8 Å². The monoisotopic (exact) mass is 386 g/mol. The highest BCUT2D eigenvalue weighted by molar-refractivity contribution is 5.90. The lowest BCUT2D eigenvalue weighted by Crippen LogP contribution is -2.33. The molecule has 1 N–H and O–H groups in total. The zero-order valence-corrected chi connectivity index (χ0v) is 15.5. The number of likely N-dealkylation sites (tertiary alicyclic amines) is 1. The Morgan fingerprint density at radius 3 is 2.75 bits per heavy atom. The summed E-state index contributed by atoms with van der Waals surface area (Å²) in [5.74, 6) is 2.13. The summed E-state index contributed by atoms with van der Waals surface area (Å²) < 4.78 is 29.6. The maximum Gasteiger partial charge on any atom is 0.321 e. The van der Waals surface area contributed by atoms with Crippen LogP contribution in [0, 0.1) is 11.7 Å². The van der Waals surface area contributed by atoms with Crippen LogP contribution in [0.25, 0.3) is 0 Å². The maximum absolute atomic E-state index is 12.9. The van der Waals surface area contributed by atoms with Gasteiger partial charge in [-0.15, -0.1) is 0 Å². The molecule has 0 saturated carbocycles. The molecular weight excluding hydrogens is 363 g/mol. The van der Waals surface area contributed by atoms with Gasteiger partial charge in [0.15, 0.2) is 11.5 Å². The Morgan fingerprint density at radius 1 is 1.14 bits per heavy atom. The van der Waals surface area contributed by atoms with Crippen LogP contribution in [0.2, 0.25) is 0 Å². The van der Waals surface area contributed by atoms with E-state index in [1.165, 1.54) is 12.1 Å². The van der Waals surface area contributed by atoms with Gasteiger partial charge in [-0.3, -0.25) is 0 Å². The van der Waals surface area contributed by atoms with Crippen molar-refractivity contribution in [1.29, 1.82) is 0 Å². The molecule has 2 aliphatic rings. The van der Waals surface area contributed by atoms with Crippen LogP contribution < -0.4 is 19.5 Å². The predicted molar refractivity (Wildman–Crippen MR) is 103 cm³/mol. The standard InChI is InChI=1S/C21H23FN2O4/c22-16-1-4-18(5-2-16)26-10-8-15-7-9-24(14-15)21(25)23-17-3-6-19-20(13-17)28-12-11-27-19/h1-6,13,15H,7-12,14H2,(H,23,25). The number of fused-ring (bicyclic) bond motifs is 1. The van der Waals surface area contributed by atoms with Gasteiger partial charge < -0.3 is 24.4 Å². The second-order valence-electron chi connectivity index (χ2n) is 6.98. The minimum Gasteiger partial charge on any atom is -0.494 e. The fourth-order valence-corrected chi connectivity index (χ4v) is 3.45. The summed E-state index contributed by atoms with van der Waals surface area (Å²) in [6, 6.07) is 11.3. The number of urea groups is 1. The lowest BCUT2D eigenvalue weighted by molar-refractivity contribution is 0.171. The van der Waals surface area contributed by atoms with Crippen LogP contribution in [0.5, 0.6) is 17.2 Å². The van der Waals surface area contributed by atoms with Crippen molar-refractivity contribution in [3.05, 3.63) is 48.3 Å². The summed E-state index contributed by atoms with van der Waals surface area (Å²) >= 11 is 0. The van der Waals surface area contributed by atoms with Gasteiger partial charge >= 0.3 is 6.03 Å². The first kappa shape index (κ1) is 18.4. The van der Waals surface area contributed by atoms with Crippen LogP contribution >= 0.6 is 0 Å². The molecule has 0 aromatic heterocycles. The Bertz CT molecular complexity index is 828. The molecular formula is C21H23FN2O4. The lowest BCUT2D eigenvalue weighted by atomic mass is 10.1. The largest absolute Gasteiger partial charge is 0.494 e. The number of carbonyl (C=O) groups excluding carboxylic acids is 1. The van der Waals surface area contributed by atoms with Gasteiger partial charge in [0, 0.05) is 24.8 Å². The van der Waals surface area contributed by atoms with Crippen molar-refractivity contribution < 1.29 is 23.4 Å². The number of amides is 2. The Labute approximate surface area is 163 Å². The second kappa shape index (κ2) is 8.37. The van der Waals surface area contributed by atoms with E-state index in [0.29, 0.717) is 55.2 Å². The molecule has 0 spiro atoms. The van der Waals surface area contributed by atoms with Gasteiger partial charge in [-0.05, 0) is 55.2 Å². The van der Waals surface area contributed by atoms with Crippen molar-refractivity contribution in [2.75, 3.05) is 38.2 Å². The van der Waals surface area contributed by atoms with Gasteiger partial charge in [0.25, 0.3) is 0 Å². The average Bonchev–Trinajstić information content (AvgIpc) is 3.18. The molecule has 148 valence electrons. The van der Waals surface area contributed by atoms with Crippen LogP contribution in [0.4, 0.5) is 14.9 Å². The Morgan fingerprint density at radius 2 is 1.93 bits per heavy atom. The zero-order chi connectivity index (χ0) is 19.3. The molecule has 6 nitrogen and oxygen atoms in total. The molecule has 1 fully saturated rings. The average molecular weight is 386 g/mol. The van der Waals surface area contributed by atoms with Gasteiger partial charge in [-0.2, -0.15) is 0 Å². The first-order valence-corrected chi connectivity index (χ1v) is 9.51. The fourth-order valence-electron chi connectivity index (χ4n) is 3.45. The van der Waals surface area contributed by atoms with E-state index in [1.54, 1.807) is 18.2 Å². The van der Waals surface area contributed by atoms with E-state index in [9.17, 15) is 9.18 Å². The van der Waals surface area contributed by atoms with Crippen molar-refractivity contribution in [2.24, 2.45) is 5.92 Å². The minimum atomic E-state index is -0.275. The summed E-state index contributed by atoms with van der Waals surface area (Å²) in [5, 5.41) is 2.93. The minimum absolute atomic E-state index is 0.112. The van der Waals surface area contributed by atoms with Crippen molar-refractivity contribution >= 4 is 11.7 Å². The third kappa shape index (κ3) is 4.47. The third-order valence-electron chi connectivity index (χ3n) is 4.97. The van der Waals surface area contributed by atoms with Crippen molar-refractivity contribution in [2.45, 2.75) is 12.8 Å². The summed E-state index contributed by atoms with van der Waals surface area (Å²) in [6.45, 7) is 3.02. The molecule has 7 heteroatoms. The highest BCUT2D eigenvalue weighted by atomic mass is 19.1. The van der Waals surface area contributed by atoms with Crippen molar-refractivity contribution in [3.8, 4) is 17.2 Å². The van der Waals surface area contributed by atoms with E-state index in [2.05, 4.69) is 5.32 Å². The number of hydrogen-bond donors (Lipinski definition) is 1. The molecule has 2 aromatic rings. The number of anilines is 1. The smallest absolute Gasteiger partial charge is 0.321 e. The lowest BCUT2D eigenvalue weighted by Gasteiger charge is -2.20. The van der Waals surface area contributed by atoms with E-state index in [-0.39, 0.29) is 11.8 Å². The van der Waals surface area contributed by atoms with E-state index in [4.69, 9.17) is 14.2 Å². The number of rotatable bonds is 5. The van der Waals surface area contributed by atoms with Crippen LogP contribution in [-0.2, 0) is 0 Å². The number of nitrogens with one attached hydrogen (secondary N) is 1. The molecule has 2 aromatic carbocycles. The molecule has 2 amide bonds. The number of carbonyl (C=O) groups is 1. The summed E-state index contributed by atoms with van der Waals surface area (Å²) in [4.78, 5) is 14.4. The van der Waals surface area contributed by atoms with Crippen LogP contribution in [0.15, 0.2) is 42.5 Å². The molecule has 4 rings (SSSR count). The highest BCUT2D eigenvalue weighted by Crippen LogP contribution is 2.33. The summed E-state index contributed by atoms with van der Waals surface area (Å²) in [5.41, 5.74) is 0.692. The second-order valence-corrected chi connectivity index (χ2v) is 6.98. The number of halogens is 1. The molecule has 0 radical (unpaired) electrons. The summed E-state index contributed by atoms with van der Waals surface area (Å²) in [7, 11) is 0. The number of benzene rings is 2. The van der Waals surface area contributed by atoms with Gasteiger partial charge in [-0.25, -0.2) is 9.18 Å². The SMILES string of the molecule is O=C(Nc1ccc2c(c1)OCCO2)N1CCC(CCOc2ccc(F)cc2)C1.